The predicted octanol–water partition coefficient (Wildman–Crippen LogP) is 3.25. The minimum Gasteiger partial charge on any atom is -0.394 e. The molecule has 1 aliphatic carbocycles. The van der Waals surface area contributed by atoms with Crippen LogP contribution in [0.15, 0.2) is 24.3 Å². The van der Waals surface area contributed by atoms with E-state index in [2.05, 4.69) is 10.6 Å². The molecule has 1 aromatic carbocycles. The molecule has 2 unspecified atom stereocenters. The fourth-order valence-corrected chi connectivity index (χ4v) is 2.79. The standard InChI is InChI=1S/C16H23ClN2O2/c1-3-14(11-5-4-6-13(17)9-11)18-15(21)19-16(2,10-20)12-7-8-12/h4-6,9,12,14,20H,3,7-8,10H2,1-2H3,(H2,18,19,21). The lowest BCUT2D eigenvalue weighted by molar-refractivity contribution is 0.154. The number of halogens is 1. The summed E-state index contributed by atoms with van der Waals surface area (Å²) in [6.45, 7) is 3.86. The molecule has 0 aliphatic heterocycles. The van der Waals surface area contributed by atoms with Crippen molar-refractivity contribution in [1.82, 2.24) is 10.6 Å². The largest absolute Gasteiger partial charge is 0.394 e. The number of benzene rings is 1. The van der Waals surface area contributed by atoms with Gasteiger partial charge in [-0.1, -0.05) is 30.7 Å². The van der Waals surface area contributed by atoms with Gasteiger partial charge in [-0.2, -0.15) is 0 Å². The number of aliphatic hydroxyl groups excluding tert-OH is 1. The molecule has 1 saturated carbocycles. The Morgan fingerprint density at radius 3 is 2.76 bits per heavy atom. The second-order valence-electron chi connectivity index (χ2n) is 5.96. The summed E-state index contributed by atoms with van der Waals surface area (Å²) in [5, 5.41) is 16.1. The molecule has 3 N–H and O–H groups in total. The van der Waals surface area contributed by atoms with Crippen molar-refractivity contribution in [1.29, 1.82) is 0 Å². The SMILES string of the molecule is CCC(NC(=O)NC(C)(CO)C1CC1)c1cccc(Cl)c1. The molecular formula is C16H23ClN2O2. The van der Waals surface area contributed by atoms with E-state index in [1.165, 1.54) is 0 Å². The fourth-order valence-electron chi connectivity index (χ4n) is 2.59. The Kier molecular flexibility index (Phi) is 5.12. The zero-order chi connectivity index (χ0) is 15.5. The predicted molar refractivity (Wildman–Crippen MR) is 84.4 cm³/mol. The van der Waals surface area contributed by atoms with E-state index in [9.17, 15) is 9.90 Å². The minimum absolute atomic E-state index is 0.0426. The number of urea groups is 1. The molecule has 4 nitrogen and oxygen atoms in total. The molecule has 1 fully saturated rings. The van der Waals surface area contributed by atoms with Gasteiger partial charge in [0, 0.05) is 5.02 Å². The van der Waals surface area contributed by atoms with Gasteiger partial charge in [0.15, 0.2) is 0 Å². The van der Waals surface area contributed by atoms with Crippen molar-refractivity contribution >= 4 is 17.6 Å². The van der Waals surface area contributed by atoms with Crippen LogP contribution in [0.2, 0.25) is 5.02 Å². The van der Waals surface area contributed by atoms with Crippen molar-refractivity contribution in [2.24, 2.45) is 5.92 Å². The molecule has 0 saturated heterocycles. The van der Waals surface area contributed by atoms with Crippen LogP contribution in [0.5, 0.6) is 0 Å². The van der Waals surface area contributed by atoms with Gasteiger partial charge in [-0.3, -0.25) is 0 Å². The van der Waals surface area contributed by atoms with Crippen molar-refractivity contribution in [3.8, 4) is 0 Å². The normalized spacial score (nSPS) is 18.7. The number of amides is 2. The third-order valence-corrected chi connectivity index (χ3v) is 4.41. The number of hydrogen-bond acceptors (Lipinski definition) is 2. The summed E-state index contributed by atoms with van der Waals surface area (Å²) in [5.74, 6) is 0.375. The molecule has 2 rings (SSSR count). The number of carbonyl (C=O) groups is 1. The van der Waals surface area contributed by atoms with E-state index < -0.39 is 5.54 Å². The Balaban J connectivity index is 1.99. The van der Waals surface area contributed by atoms with Gasteiger partial charge in [-0.25, -0.2) is 4.79 Å². The first-order chi connectivity index (χ1) is 9.98. The van der Waals surface area contributed by atoms with Gasteiger partial charge in [0.1, 0.15) is 0 Å². The van der Waals surface area contributed by atoms with Crippen molar-refractivity contribution in [2.45, 2.75) is 44.7 Å². The second kappa shape index (κ2) is 6.67. The van der Waals surface area contributed by atoms with Crippen LogP contribution in [0.3, 0.4) is 0 Å². The Morgan fingerprint density at radius 2 is 2.24 bits per heavy atom. The quantitative estimate of drug-likeness (QED) is 0.755. The Hall–Kier alpha value is -1.26. The van der Waals surface area contributed by atoms with Crippen molar-refractivity contribution in [3.05, 3.63) is 34.9 Å². The van der Waals surface area contributed by atoms with Gasteiger partial charge in [0.05, 0.1) is 18.2 Å². The smallest absolute Gasteiger partial charge is 0.315 e. The minimum atomic E-state index is -0.531. The number of aliphatic hydroxyl groups is 1. The van der Waals surface area contributed by atoms with E-state index in [4.69, 9.17) is 11.6 Å². The number of carbonyl (C=O) groups excluding carboxylic acids is 1. The summed E-state index contributed by atoms with van der Waals surface area (Å²) < 4.78 is 0. The van der Waals surface area contributed by atoms with Gasteiger partial charge in [0.25, 0.3) is 0 Å². The van der Waals surface area contributed by atoms with E-state index >= 15 is 0 Å². The summed E-state index contributed by atoms with van der Waals surface area (Å²) in [6.07, 6.45) is 2.89. The van der Waals surface area contributed by atoms with Crippen LogP contribution in [-0.2, 0) is 0 Å². The zero-order valence-electron chi connectivity index (χ0n) is 12.5. The Morgan fingerprint density at radius 1 is 1.52 bits per heavy atom. The molecule has 1 aromatic rings. The van der Waals surface area contributed by atoms with E-state index in [0.717, 1.165) is 24.8 Å². The van der Waals surface area contributed by atoms with Crippen LogP contribution in [0, 0.1) is 5.92 Å². The molecule has 2 atom stereocenters. The highest BCUT2D eigenvalue weighted by Gasteiger charge is 2.42. The monoisotopic (exact) mass is 310 g/mol. The topological polar surface area (TPSA) is 61.4 Å². The number of nitrogens with one attached hydrogen (secondary N) is 2. The van der Waals surface area contributed by atoms with Crippen LogP contribution in [0.1, 0.15) is 44.7 Å². The van der Waals surface area contributed by atoms with Crippen LogP contribution >= 0.6 is 11.6 Å². The first kappa shape index (κ1) is 16.1. The molecule has 0 bridgehead atoms. The molecule has 2 amide bonds. The fraction of sp³-hybridized carbons (Fsp3) is 0.562. The van der Waals surface area contributed by atoms with E-state index in [1.807, 2.05) is 38.1 Å². The number of rotatable bonds is 6. The Bertz CT molecular complexity index is 505. The van der Waals surface area contributed by atoms with Gasteiger partial charge in [-0.15, -0.1) is 0 Å². The van der Waals surface area contributed by atoms with Crippen LogP contribution in [-0.4, -0.2) is 23.3 Å². The molecule has 116 valence electrons. The zero-order valence-corrected chi connectivity index (χ0v) is 13.3. The highest BCUT2D eigenvalue weighted by molar-refractivity contribution is 6.30. The van der Waals surface area contributed by atoms with Crippen LogP contribution in [0.4, 0.5) is 4.79 Å². The van der Waals surface area contributed by atoms with Crippen molar-refractivity contribution < 1.29 is 9.90 Å². The summed E-state index contributed by atoms with van der Waals surface area (Å²) in [5.41, 5.74) is 0.453. The van der Waals surface area contributed by atoms with Crippen molar-refractivity contribution in [2.75, 3.05) is 6.61 Å². The molecule has 0 heterocycles. The van der Waals surface area contributed by atoms with Gasteiger partial charge in [-0.05, 0) is 49.8 Å². The highest BCUT2D eigenvalue weighted by atomic mass is 35.5. The maximum Gasteiger partial charge on any atom is 0.315 e. The van der Waals surface area contributed by atoms with Crippen LogP contribution < -0.4 is 10.6 Å². The average molecular weight is 311 g/mol. The molecular weight excluding hydrogens is 288 g/mol. The third-order valence-electron chi connectivity index (χ3n) is 4.17. The lowest BCUT2D eigenvalue weighted by Gasteiger charge is -2.30. The van der Waals surface area contributed by atoms with Gasteiger partial charge in [0.2, 0.25) is 0 Å². The molecule has 5 heteroatoms. The Labute approximate surface area is 130 Å². The highest BCUT2D eigenvalue weighted by Crippen LogP contribution is 2.39. The maximum absolute atomic E-state index is 12.2. The number of hydrogen-bond donors (Lipinski definition) is 3. The second-order valence-corrected chi connectivity index (χ2v) is 6.40. The van der Waals surface area contributed by atoms with Gasteiger partial charge >= 0.3 is 6.03 Å². The molecule has 1 aliphatic rings. The van der Waals surface area contributed by atoms with E-state index in [1.54, 1.807) is 0 Å². The van der Waals surface area contributed by atoms with Crippen LogP contribution in [0.25, 0.3) is 0 Å². The third kappa shape index (κ3) is 4.11. The van der Waals surface area contributed by atoms with Gasteiger partial charge < -0.3 is 15.7 Å². The summed E-state index contributed by atoms with van der Waals surface area (Å²) in [6, 6.07) is 7.17. The first-order valence-electron chi connectivity index (χ1n) is 7.43. The van der Waals surface area contributed by atoms with E-state index in [-0.39, 0.29) is 18.7 Å². The summed E-state index contributed by atoms with van der Waals surface area (Å²) in [7, 11) is 0. The average Bonchev–Trinajstić information content (AvgIpc) is 3.29. The summed E-state index contributed by atoms with van der Waals surface area (Å²) in [4.78, 5) is 12.2. The van der Waals surface area contributed by atoms with Crippen molar-refractivity contribution in [3.63, 3.8) is 0 Å². The molecule has 0 radical (unpaired) electrons. The lowest BCUT2D eigenvalue weighted by atomic mass is 9.97. The molecule has 21 heavy (non-hydrogen) atoms. The summed E-state index contributed by atoms with van der Waals surface area (Å²) >= 11 is 6.00. The molecule has 0 aromatic heterocycles. The lowest BCUT2D eigenvalue weighted by Crippen LogP contribution is -2.54. The molecule has 0 spiro atoms. The van der Waals surface area contributed by atoms with E-state index in [0.29, 0.717) is 10.9 Å². The first-order valence-corrected chi connectivity index (χ1v) is 7.81. The maximum atomic E-state index is 12.2.